The molecule has 1 atom stereocenters. The van der Waals surface area contributed by atoms with Crippen molar-refractivity contribution >= 4 is 46.9 Å². The number of para-hydroxylation sites is 2. The SMILES string of the molecule is C[C@@H]1Cc2ccccc2N1C(=O)CSc1nn(-c2ccccc2)c(=S)s1. The first-order valence-electron chi connectivity index (χ1n) is 8.32. The van der Waals surface area contributed by atoms with Crippen LogP contribution in [-0.4, -0.2) is 27.5 Å². The van der Waals surface area contributed by atoms with E-state index in [1.54, 1.807) is 4.68 Å². The Morgan fingerprint density at radius 2 is 1.96 bits per heavy atom. The van der Waals surface area contributed by atoms with Gasteiger partial charge in [-0.1, -0.05) is 59.5 Å². The van der Waals surface area contributed by atoms with E-state index < -0.39 is 0 Å². The summed E-state index contributed by atoms with van der Waals surface area (Å²) in [5, 5.41) is 4.57. The van der Waals surface area contributed by atoms with Crippen molar-refractivity contribution in [1.82, 2.24) is 9.78 Å². The van der Waals surface area contributed by atoms with Crippen LogP contribution in [0, 0.1) is 3.95 Å². The van der Waals surface area contributed by atoms with Gasteiger partial charge in [0.2, 0.25) is 5.91 Å². The van der Waals surface area contributed by atoms with E-state index in [2.05, 4.69) is 18.1 Å². The van der Waals surface area contributed by atoms with E-state index in [-0.39, 0.29) is 11.9 Å². The highest BCUT2D eigenvalue weighted by atomic mass is 32.2. The molecule has 0 radical (unpaired) electrons. The molecule has 4 rings (SSSR count). The zero-order valence-electron chi connectivity index (χ0n) is 14.2. The third-order valence-corrected chi connectivity index (χ3v) is 6.68. The topological polar surface area (TPSA) is 38.1 Å². The van der Waals surface area contributed by atoms with Crippen LogP contribution in [0.2, 0.25) is 0 Å². The standard InChI is InChI=1S/C19H17N3OS3/c1-13-11-14-7-5-6-10-16(14)21(13)17(23)12-25-18-20-22(19(24)26-18)15-8-3-2-4-9-15/h2-10,13H,11-12H2,1H3/t13-/m1/s1. The Morgan fingerprint density at radius 1 is 1.23 bits per heavy atom. The molecule has 3 aromatic rings. The summed E-state index contributed by atoms with van der Waals surface area (Å²) in [6.45, 7) is 2.09. The summed E-state index contributed by atoms with van der Waals surface area (Å²) in [5.41, 5.74) is 3.21. The quantitative estimate of drug-likeness (QED) is 0.469. The van der Waals surface area contributed by atoms with Gasteiger partial charge in [-0.3, -0.25) is 4.79 Å². The normalized spacial score (nSPS) is 15.9. The van der Waals surface area contributed by atoms with Gasteiger partial charge < -0.3 is 4.90 Å². The second-order valence-electron chi connectivity index (χ2n) is 6.12. The average molecular weight is 400 g/mol. The third kappa shape index (κ3) is 3.34. The molecule has 4 nitrogen and oxygen atoms in total. The van der Waals surface area contributed by atoms with E-state index in [0.29, 0.717) is 9.71 Å². The van der Waals surface area contributed by atoms with E-state index in [9.17, 15) is 4.79 Å². The minimum atomic E-state index is 0.111. The number of amides is 1. The van der Waals surface area contributed by atoms with Crippen molar-refractivity contribution < 1.29 is 4.79 Å². The molecule has 7 heteroatoms. The van der Waals surface area contributed by atoms with Crippen molar-refractivity contribution in [2.45, 2.75) is 23.7 Å². The number of carbonyl (C=O) groups is 1. The molecule has 0 saturated carbocycles. The zero-order valence-corrected chi connectivity index (χ0v) is 16.6. The Balaban J connectivity index is 1.48. The molecule has 26 heavy (non-hydrogen) atoms. The molecule has 1 amide bonds. The van der Waals surface area contributed by atoms with Crippen molar-refractivity contribution in [3.05, 3.63) is 64.1 Å². The molecule has 0 saturated heterocycles. The number of benzene rings is 2. The largest absolute Gasteiger partial charge is 0.308 e. The van der Waals surface area contributed by atoms with Gasteiger partial charge in [0.25, 0.3) is 0 Å². The molecule has 0 unspecified atom stereocenters. The molecule has 0 bridgehead atoms. The molecule has 1 aliphatic rings. The van der Waals surface area contributed by atoms with Gasteiger partial charge in [0.15, 0.2) is 8.29 Å². The molecule has 0 aliphatic carbocycles. The lowest BCUT2D eigenvalue weighted by atomic mass is 10.1. The van der Waals surface area contributed by atoms with E-state index >= 15 is 0 Å². The van der Waals surface area contributed by atoms with Crippen LogP contribution in [-0.2, 0) is 11.2 Å². The predicted octanol–water partition coefficient (Wildman–Crippen LogP) is 4.73. The maximum Gasteiger partial charge on any atom is 0.237 e. The number of carbonyl (C=O) groups excluding carboxylic acids is 1. The highest BCUT2D eigenvalue weighted by Crippen LogP contribution is 2.33. The van der Waals surface area contributed by atoms with Gasteiger partial charge in [0.1, 0.15) is 0 Å². The van der Waals surface area contributed by atoms with Crippen LogP contribution in [0.5, 0.6) is 0 Å². The molecular weight excluding hydrogens is 382 g/mol. The zero-order chi connectivity index (χ0) is 18.1. The van der Waals surface area contributed by atoms with Gasteiger partial charge in [-0.25, -0.2) is 4.68 Å². The molecule has 132 valence electrons. The summed E-state index contributed by atoms with van der Waals surface area (Å²) in [6.07, 6.45) is 0.911. The fraction of sp³-hybridized carbons (Fsp3) is 0.211. The summed E-state index contributed by atoms with van der Waals surface area (Å²) >= 11 is 8.31. The van der Waals surface area contributed by atoms with Crippen LogP contribution in [0.1, 0.15) is 12.5 Å². The second kappa shape index (κ2) is 7.34. The Bertz CT molecular complexity index is 997. The highest BCUT2D eigenvalue weighted by molar-refractivity contribution is 8.01. The van der Waals surface area contributed by atoms with Gasteiger partial charge in [-0.2, -0.15) is 0 Å². The van der Waals surface area contributed by atoms with Crippen molar-refractivity contribution in [3.8, 4) is 5.69 Å². The number of aromatic nitrogens is 2. The second-order valence-corrected chi connectivity index (χ2v) is 8.96. The smallest absolute Gasteiger partial charge is 0.237 e. The first kappa shape index (κ1) is 17.5. The number of hydrogen-bond donors (Lipinski definition) is 0. The van der Waals surface area contributed by atoms with Crippen molar-refractivity contribution in [3.63, 3.8) is 0 Å². The predicted molar refractivity (Wildman–Crippen MR) is 110 cm³/mol. The lowest BCUT2D eigenvalue weighted by Gasteiger charge is -2.22. The molecule has 0 N–H and O–H groups in total. The van der Waals surface area contributed by atoms with Crippen LogP contribution in [0.15, 0.2) is 58.9 Å². The maximum atomic E-state index is 12.8. The fourth-order valence-electron chi connectivity index (χ4n) is 3.19. The third-order valence-electron chi connectivity index (χ3n) is 4.33. The summed E-state index contributed by atoms with van der Waals surface area (Å²) in [6, 6.07) is 18.1. The summed E-state index contributed by atoms with van der Waals surface area (Å²) in [7, 11) is 0. The first-order chi connectivity index (χ1) is 12.6. The monoisotopic (exact) mass is 399 g/mol. The van der Waals surface area contributed by atoms with Gasteiger partial charge in [-0.05, 0) is 49.3 Å². The number of nitrogens with zero attached hydrogens (tertiary/aromatic N) is 3. The Kier molecular flexibility index (Phi) is 4.93. The summed E-state index contributed by atoms with van der Waals surface area (Å²) in [5.74, 6) is 0.468. The lowest BCUT2D eigenvalue weighted by Crippen LogP contribution is -2.36. The maximum absolute atomic E-state index is 12.8. The minimum Gasteiger partial charge on any atom is -0.308 e. The molecule has 1 aliphatic heterocycles. The van der Waals surface area contributed by atoms with Gasteiger partial charge in [0.05, 0.1) is 11.4 Å². The van der Waals surface area contributed by atoms with E-state index in [0.717, 1.165) is 22.1 Å². The summed E-state index contributed by atoms with van der Waals surface area (Å²) in [4.78, 5) is 14.7. The number of fused-ring (bicyclic) bond motifs is 1. The Hall–Kier alpha value is -1.96. The molecular formula is C19H17N3OS3. The van der Waals surface area contributed by atoms with Crippen LogP contribution >= 0.6 is 35.3 Å². The van der Waals surface area contributed by atoms with Crippen molar-refractivity contribution in [2.24, 2.45) is 0 Å². The highest BCUT2D eigenvalue weighted by Gasteiger charge is 2.30. The van der Waals surface area contributed by atoms with Gasteiger partial charge in [-0.15, -0.1) is 5.10 Å². The molecule has 1 aromatic heterocycles. The summed E-state index contributed by atoms with van der Waals surface area (Å²) < 4.78 is 3.25. The van der Waals surface area contributed by atoms with Gasteiger partial charge >= 0.3 is 0 Å². The molecule has 2 heterocycles. The first-order valence-corrected chi connectivity index (χ1v) is 10.5. The van der Waals surface area contributed by atoms with Crippen LogP contribution in [0.25, 0.3) is 5.69 Å². The van der Waals surface area contributed by atoms with Crippen LogP contribution < -0.4 is 4.90 Å². The number of hydrogen-bond acceptors (Lipinski definition) is 5. The number of anilines is 1. The van der Waals surface area contributed by atoms with Crippen LogP contribution in [0.3, 0.4) is 0 Å². The molecule has 2 aromatic carbocycles. The Labute approximate surface area is 165 Å². The van der Waals surface area contributed by atoms with E-state index in [1.165, 1.54) is 28.7 Å². The fourth-order valence-corrected chi connectivity index (χ4v) is 5.41. The Morgan fingerprint density at radius 3 is 2.77 bits per heavy atom. The van der Waals surface area contributed by atoms with E-state index in [1.807, 2.05) is 53.4 Å². The minimum absolute atomic E-state index is 0.111. The molecule has 0 spiro atoms. The number of rotatable bonds is 4. The van der Waals surface area contributed by atoms with Crippen molar-refractivity contribution in [1.29, 1.82) is 0 Å². The molecule has 0 fully saturated rings. The van der Waals surface area contributed by atoms with E-state index in [4.69, 9.17) is 12.2 Å². The average Bonchev–Trinajstić information content (AvgIpc) is 3.19. The van der Waals surface area contributed by atoms with Crippen molar-refractivity contribution in [2.75, 3.05) is 10.7 Å². The number of thioether (sulfide) groups is 1. The van der Waals surface area contributed by atoms with Crippen LogP contribution in [0.4, 0.5) is 5.69 Å². The lowest BCUT2D eigenvalue weighted by molar-refractivity contribution is -0.116. The van der Waals surface area contributed by atoms with Gasteiger partial charge in [0, 0.05) is 11.7 Å².